The number of carboxylic acids is 1. The Kier molecular flexibility index (Phi) is 5.70. The van der Waals surface area contributed by atoms with Crippen molar-refractivity contribution in [3.63, 3.8) is 0 Å². The second-order valence-electron chi connectivity index (χ2n) is 5.63. The number of hydrogen-bond acceptors (Lipinski definition) is 4. The highest BCUT2D eigenvalue weighted by atomic mass is 16.4. The van der Waals surface area contributed by atoms with E-state index in [-0.39, 0.29) is 12.3 Å². The second-order valence-corrected chi connectivity index (χ2v) is 5.63. The predicted octanol–water partition coefficient (Wildman–Crippen LogP) is 1.05. The molecule has 0 aromatic heterocycles. The summed E-state index contributed by atoms with van der Waals surface area (Å²) in [7, 11) is 0. The number of carbonyl (C=O) groups excluding carboxylic acids is 2. The summed E-state index contributed by atoms with van der Waals surface area (Å²) in [6.45, 7) is 1.12. The van der Waals surface area contributed by atoms with E-state index in [2.05, 4.69) is 5.32 Å². The molecule has 7 heteroatoms. The predicted molar refractivity (Wildman–Crippen MR) is 85.1 cm³/mol. The maximum absolute atomic E-state index is 12.0. The maximum Gasteiger partial charge on any atom is 0.320 e. The second kappa shape index (κ2) is 7.73. The van der Waals surface area contributed by atoms with Crippen LogP contribution in [-0.4, -0.2) is 46.9 Å². The Morgan fingerprint density at radius 3 is 2.52 bits per heavy atom. The van der Waals surface area contributed by atoms with Crippen molar-refractivity contribution in [2.75, 3.05) is 18.4 Å². The molecule has 1 aliphatic heterocycles. The molecule has 0 aliphatic carbocycles. The minimum Gasteiger partial charge on any atom is -0.480 e. The van der Waals surface area contributed by atoms with Crippen molar-refractivity contribution in [3.8, 4) is 0 Å². The zero-order chi connectivity index (χ0) is 16.8. The summed E-state index contributed by atoms with van der Waals surface area (Å²) in [4.78, 5) is 36.0. The summed E-state index contributed by atoms with van der Waals surface area (Å²) < 4.78 is 0. The van der Waals surface area contributed by atoms with Gasteiger partial charge < -0.3 is 16.2 Å². The number of carbonyl (C=O) groups is 3. The average Bonchev–Trinajstić information content (AvgIpc) is 2.53. The average molecular weight is 319 g/mol. The fourth-order valence-electron chi connectivity index (χ4n) is 2.72. The number of hydrogen-bond donors (Lipinski definition) is 3. The van der Waals surface area contributed by atoms with E-state index < -0.39 is 17.9 Å². The minimum atomic E-state index is -0.827. The monoisotopic (exact) mass is 319 g/mol. The van der Waals surface area contributed by atoms with Gasteiger partial charge in [0.05, 0.1) is 0 Å². The van der Waals surface area contributed by atoms with Crippen molar-refractivity contribution in [3.05, 3.63) is 29.8 Å². The van der Waals surface area contributed by atoms with E-state index >= 15 is 0 Å². The van der Waals surface area contributed by atoms with Crippen LogP contribution in [0.1, 0.15) is 36.0 Å². The highest BCUT2D eigenvalue weighted by molar-refractivity contribution is 5.94. The van der Waals surface area contributed by atoms with Crippen LogP contribution in [0.25, 0.3) is 0 Å². The molecule has 1 fully saturated rings. The van der Waals surface area contributed by atoms with Crippen molar-refractivity contribution in [2.24, 2.45) is 5.73 Å². The molecule has 124 valence electrons. The van der Waals surface area contributed by atoms with Crippen molar-refractivity contribution >= 4 is 23.5 Å². The van der Waals surface area contributed by atoms with E-state index in [1.165, 1.54) is 0 Å². The number of amides is 2. The summed E-state index contributed by atoms with van der Waals surface area (Å²) in [6, 6.07) is 5.82. The zero-order valence-electron chi connectivity index (χ0n) is 12.8. The standard InChI is InChI=1S/C16H21N3O4/c17-15(21)11-4-6-12(7-5-11)18-14(20)8-10-19-9-2-1-3-13(19)16(22)23/h4-7,13H,1-3,8-10H2,(H2,17,21)(H,18,20)(H,22,23). The third-order valence-electron chi connectivity index (χ3n) is 3.98. The Bertz CT molecular complexity index is 585. The molecule has 1 atom stereocenters. The number of primary amides is 1. The van der Waals surface area contributed by atoms with Crippen LogP contribution < -0.4 is 11.1 Å². The number of likely N-dealkylation sites (tertiary alicyclic amines) is 1. The summed E-state index contributed by atoms with van der Waals surface area (Å²) in [5, 5.41) is 11.9. The molecule has 1 aromatic rings. The molecule has 0 saturated carbocycles. The molecule has 2 rings (SSSR count). The van der Waals surface area contributed by atoms with Crippen molar-refractivity contribution < 1.29 is 19.5 Å². The number of nitrogens with two attached hydrogens (primary N) is 1. The van der Waals surface area contributed by atoms with Crippen LogP contribution in [0.3, 0.4) is 0 Å². The molecule has 23 heavy (non-hydrogen) atoms. The van der Waals surface area contributed by atoms with Gasteiger partial charge in [-0.25, -0.2) is 0 Å². The van der Waals surface area contributed by atoms with Gasteiger partial charge in [-0.05, 0) is 43.7 Å². The van der Waals surface area contributed by atoms with Gasteiger partial charge in [-0.1, -0.05) is 6.42 Å². The van der Waals surface area contributed by atoms with Gasteiger partial charge in [0.1, 0.15) is 6.04 Å². The summed E-state index contributed by atoms with van der Waals surface area (Å²) in [5.74, 6) is -1.54. The van der Waals surface area contributed by atoms with E-state index in [1.807, 2.05) is 4.90 Å². The van der Waals surface area contributed by atoms with Crippen LogP contribution in [0, 0.1) is 0 Å². The molecule has 1 heterocycles. The number of piperidine rings is 1. The van der Waals surface area contributed by atoms with Crippen LogP contribution in [0.5, 0.6) is 0 Å². The normalized spacial score (nSPS) is 18.3. The number of aliphatic carboxylic acids is 1. The topological polar surface area (TPSA) is 113 Å². The molecule has 2 amide bonds. The molecule has 1 aromatic carbocycles. The Morgan fingerprint density at radius 2 is 1.91 bits per heavy atom. The molecule has 0 bridgehead atoms. The van der Waals surface area contributed by atoms with Gasteiger partial charge in [-0.2, -0.15) is 0 Å². The van der Waals surface area contributed by atoms with Gasteiger partial charge in [-0.15, -0.1) is 0 Å². The lowest BCUT2D eigenvalue weighted by molar-refractivity contribution is -0.144. The molecule has 4 N–H and O–H groups in total. The van der Waals surface area contributed by atoms with E-state index in [1.54, 1.807) is 24.3 Å². The quantitative estimate of drug-likeness (QED) is 0.725. The van der Waals surface area contributed by atoms with Crippen molar-refractivity contribution in [1.82, 2.24) is 4.90 Å². The van der Waals surface area contributed by atoms with E-state index in [4.69, 9.17) is 5.73 Å². The first kappa shape index (κ1) is 17.0. The van der Waals surface area contributed by atoms with Crippen molar-refractivity contribution in [1.29, 1.82) is 0 Å². The van der Waals surface area contributed by atoms with Crippen molar-refractivity contribution in [2.45, 2.75) is 31.7 Å². The molecule has 7 nitrogen and oxygen atoms in total. The smallest absolute Gasteiger partial charge is 0.320 e. The van der Waals surface area contributed by atoms with Gasteiger partial charge in [0, 0.05) is 24.2 Å². The molecule has 1 saturated heterocycles. The van der Waals surface area contributed by atoms with Crippen LogP contribution in [0.4, 0.5) is 5.69 Å². The Hall–Kier alpha value is -2.41. The van der Waals surface area contributed by atoms with Gasteiger partial charge in [0.15, 0.2) is 0 Å². The lowest BCUT2D eigenvalue weighted by Crippen LogP contribution is -2.45. The third kappa shape index (κ3) is 4.79. The van der Waals surface area contributed by atoms with Crippen LogP contribution in [-0.2, 0) is 9.59 Å². The fourth-order valence-corrected chi connectivity index (χ4v) is 2.72. The highest BCUT2D eigenvalue weighted by Gasteiger charge is 2.28. The molecular formula is C16H21N3O4. The van der Waals surface area contributed by atoms with E-state index in [0.717, 1.165) is 12.8 Å². The first-order valence-corrected chi connectivity index (χ1v) is 7.64. The first-order valence-electron chi connectivity index (χ1n) is 7.64. The van der Waals surface area contributed by atoms with Gasteiger partial charge in [0.2, 0.25) is 11.8 Å². The zero-order valence-corrected chi connectivity index (χ0v) is 12.8. The van der Waals surface area contributed by atoms with E-state index in [0.29, 0.717) is 30.8 Å². The van der Waals surface area contributed by atoms with Crippen LogP contribution in [0.15, 0.2) is 24.3 Å². The molecule has 1 aliphatic rings. The Balaban J connectivity index is 1.84. The van der Waals surface area contributed by atoms with Gasteiger partial charge >= 0.3 is 5.97 Å². The fraction of sp³-hybridized carbons (Fsp3) is 0.438. The van der Waals surface area contributed by atoms with Crippen LogP contribution in [0.2, 0.25) is 0 Å². The maximum atomic E-state index is 12.0. The minimum absolute atomic E-state index is 0.188. The molecule has 1 unspecified atom stereocenters. The lowest BCUT2D eigenvalue weighted by atomic mass is 10.0. The SMILES string of the molecule is NC(=O)c1ccc(NC(=O)CCN2CCCCC2C(=O)O)cc1. The highest BCUT2D eigenvalue weighted by Crippen LogP contribution is 2.17. The molecule has 0 radical (unpaired) electrons. The largest absolute Gasteiger partial charge is 0.480 e. The van der Waals surface area contributed by atoms with E-state index in [9.17, 15) is 19.5 Å². The Morgan fingerprint density at radius 1 is 1.22 bits per heavy atom. The number of anilines is 1. The Labute approximate surface area is 134 Å². The first-order chi connectivity index (χ1) is 11.0. The molecular weight excluding hydrogens is 298 g/mol. The summed E-state index contributed by atoms with van der Waals surface area (Å²) in [5.41, 5.74) is 6.11. The lowest BCUT2D eigenvalue weighted by Gasteiger charge is -2.32. The van der Waals surface area contributed by atoms with Gasteiger partial charge in [-0.3, -0.25) is 19.3 Å². The number of nitrogens with one attached hydrogen (secondary N) is 1. The van der Waals surface area contributed by atoms with Gasteiger partial charge in [0.25, 0.3) is 0 Å². The summed E-state index contributed by atoms with van der Waals surface area (Å²) >= 11 is 0. The third-order valence-corrected chi connectivity index (χ3v) is 3.98. The van der Waals surface area contributed by atoms with Crippen LogP contribution >= 0.6 is 0 Å². The molecule has 0 spiro atoms. The number of rotatable bonds is 6. The number of benzene rings is 1. The summed E-state index contributed by atoms with van der Waals surface area (Å²) in [6.07, 6.45) is 2.72. The number of carboxylic acid groups (broad SMARTS) is 1. The number of nitrogens with zero attached hydrogens (tertiary/aromatic N) is 1.